The van der Waals surface area contributed by atoms with E-state index in [2.05, 4.69) is 22.3 Å². The summed E-state index contributed by atoms with van der Waals surface area (Å²) in [5.41, 5.74) is 3.08. The summed E-state index contributed by atoms with van der Waals surface area (Å²) in [6, 6.07) is 14.7. The number of carbonyl (C=O) groups is 2. The Labute approximate surface area is 160 Å². The highest BCUT2D eigenvalue weighted by molar-refractivity contribution is 5.89. The lowest BCUT2D eigenvalue weighted by atomic mass is 9.89. The number of carboxylic acid groups (broad SMARTS) is 1. The van der Waals surface area contributed by atoms with Gasteiger partial charge >= 0.3 is 5.97 Å². The number of rotatable bonds is 6. The number of nitrogens with zero attached hydrogens (tertiary/aromatic N) is 1. The molecule has 1 atom stereocenters. The number of hydrogen-bond donors (Lipinski definition) is 2. The van der Waals surface area contributed by atoms with Gasteiger partial charge < -0.3 is 15.3 Å². The summed E-state index contributed by atoms with van der Waals surface area (Å²) in [7, 11) is 0. The quantitative estimate of drug-likeness (QED) is 0.819. The van der Waals surface area contributed by atoms with Gasteiger partial charge in [0.1, 0.15) is 0 Å². The van der Waals surface area contributed by atoms with Crippen molar-refractivity contribution in [3.8, 4) is 0 Å². The molecule has 1 fully saturated rings. The van der Waals surface area contributed by atoms with E-state index in [0.717, 1.165) is 29.9 Å². The molecular formula is C22H26N2O3. The third kappa shape index (κ3) is 4.48. The van der Waals surface area contributed by atoms with Crippen molar-refractivity contribution < 1.29 is 14.7 Å². The number of piperidine rings is 1. The molecule has 1 aliphatic rings. The Morgan fingerprint density at radius 3 is 2.37 bits per heavy atom. The van der Waals surface area contributed by atoms with Gasteiger partial charge in [-0.25, -0.2) is 4.79 Å². The van der Waals surface area contributed by atoms with Gasteiger partial charge in [-0.05, 0) is 61.6 Å². The lowest BCUT2D eigenvalue weighted by Gasteiger charge is -2.29. The van der Waals surface area contributed by atoms with E-state index >= 15 is 0 Å². The van der Waals surface area contributed by atoms with Crippen LogP contribution >= 0.6 is 0 Å². The molecule has 27 heavy (non-hydrogen) atoms. The van der Waals surface area contributed by atoms with E-state index in [-0.39, 0.29) is 11.5 Å². The highest BCUT2D eigenvalue weighted by atomic mass is 16.4. The minimum absolute atomic E-state index is 0.0728. The second-order valence-electron chi connectivity index (χ2n) is 6.90. The maximum atomic E-state index is 12.8. The number of hydrogen-bond acceptors (Lipinski definition) is 3. The lowest BCUT2D eigenvalue weighted by Crippen LogP contribution is -2.31. The SMILES string of the molecule is CCNC(=O)C(c1ccc(C(=O)O)cc1)c1cccc(N2CCCCC2)c1. The number of amides is 1. The largest absolute Gasteiger partial charge is 0.478 e. The van der Waals surface area contributed by atoms with Crippen LogP contribution in [0.1, 0.15) is 53.6 Å². The van der Waals surface area contributed by atoms with Crippen LogP contribution in [0.15, 0.2) is 48.5 Å². The number of anilines is 1. The van der Waals surface area contributed by atoms with E-state index in [1.54, 1.807) is 24.3 Å². The van der Waals surface area contributed by atoms with Gasteiger partial charge in [-0.1, -0.05) is 24.3 Å². The van der Waals surface area contributed by atoms with Gasteiger partial charge in [0, 0.05) is 25.3 Å². The number of nitrogens with one attached hydrogen (secondary N) is 1. The minimum Gasteiger partial charge on any atom is -0.478 e. The Morgan fingerprint density at radius 2 is 1.74 bits per heavy atom. The van der Waals surface area contributed by atoms with Gasteiger partial charge in [0.2, 0.25) is 5.91 Å². The molecule has 1 amide bonds. The van der Waals surface area contributed by atoms with Crippen molar-refractivity contribution in [3.05, 3.63) is 65.2 Å². The predicted octanol–water partition coefficient (Wildman–Crippen LogP) is 3.64. The van der Waals surface area contributed by atoms with Crippen molar-refractivity contribution in [2.24, 2.45) is 0 Å². The molecule has 1 heterocycles. The van der Waals surface area contributed by atoms with E-state index in [9.17, 15) is 9.59 Å². The summed E-state index contributed by atoms with van der Waals surface area (Å²) >= 11 is 0. The fourth-order valence-corrected chi connectivity index (χ4v) is 3.64. The second kappa shape index (κ2) is 8.71. The second-order valence-corrected chi connectivity index (χ2v) is 6.90. The zero-order valence-electron chi connectivity index (χ0n) is 15.6. The van der Waals surface area contributed by atoms with Crippen molar-refractivity contribution >= 4 is 17.6 Å². The standard InChI is InChI=1S/C22H26N2O3/c1-2-23-21(25)20(16-9-11-17(12-10-16)22(26)27)18-7-6-8-19(15-18)24-13-4-3-5-14-24/h6-12,15,20H,2-5,13-14H2,1H3,(H,23,25)(H,26,27). The van der Waals surface area contributed by atoms with E-state index in [1.807, 2.05) is 19.1 Å². The number of benzene rings is 2. The first-order valence-electron chi connectivity index (χ1n) is 9.56. The molecule has 5 nitrogen and oxygen atoms in total. The molecule has 0 aliphatic carbocycles. The van der Waals surface area contributed by atoms with Crippen LogP contribution in [0.3, 0.4) is 0 Å². The average molecular weight is 366 g/mol. The van der Waals surface area contributed by atoms with Crippen molar-refractivity contribution in [1.82, 2.24) is 5.32 Å². The van der Waals surface area contributed by atoms with Crippen molar-refractivity contribution in [2.45, 2.75) is 32.1 Å². The molecule has 1 aliphatic heterocycles. The van der Waals surface area contributed by atoms with Crippen LogP contribution in [0.4, 0.5) is 5.69 Å². The number of likely N-dealkylation sites (N-methyl/N-ethyl adjacent to an activating group) is 1. The highest BCUT2D eigenvalue weighted by Crippen LogP contribution is 2.29. The van der Waals surface area contributed by atoms with Gasteiger partial charge in [0.25, 0.3) is 0 Å². The predicted molar refractivity (Wildman–Crippen MR) is 106 cm³/mol. The number of aromatic carboxylic acids is 1. The molecule has 0 saturated carbocycles. The third-order valence-corrected chi connectivity index (χ3v) is 5.03. The summed E-state index contributed by atoms with van der Waals surface area (Å²) in [6.45, 7) is 4.53. The van der Waals surface area contributed by atoms with Crippen molar-refractivity contribution in [1.29, 1.82) is 0 Å². The maximum Gasteiger partial charge on any atom is 0.335 e. The Morgan fingerprint density at radius 1 is 1.04 bits per heavy atom. The summed E-state index contributed by atoms with van der Waals surface area (Å²) in [5, 5.41) is 12.0. The topological polar surface area (TPSA) is 69.6 Å². The molecule has 1 unspecified atom stereocenters. The summed E-state index contributed by atoms with van der Waals surface area (Å²) in [6.07, 6.45) is 3.66. The maximum absolute atomic E-state index is 12.8. The van der Waals surface area contributed by atoms with Gasteiger partial charge in [-0.2, -0.15) is 0 Å². The van der Waals surface area contributed by atoms with Gasteiger partial charge in [0.15, 0.2) is 0 Å². The molecule has 3 rings (SSSR count). The molecule has 2 aromatic carbocycles. The average Bonchev–Trinajstić information content (AvgIpc) is 2.70. The molecule has 2 N–H and O–H groups in total. The van der Waals surface area contributed by atoms with Crippen LogP contribution in [0.2, 0.25) is 0 Å². The first-order valence-corrected chi connectivity index (χ1v) is 9.56. The molecule has 142 valence electrons. The summed E-state index contributed by atoms with van der Waals surface area (Å²) in [4.78, 5) is 26.3. The lowest BCUT2D eigenvalue weighted by molar-refractivity contribution is -0.121. The van der Waals surface area contributed by atoms with Crippen LogP contribution in [-0.2, 0) is 4.79 Å². The van der Waals surface area contributed by atoms with Crippen molar-refractivity contribution in [3.63, 3.8) is 0 Å². The molecule has 2 aromatic rings. The monoisotopic (exact) mass is 366 g/mol. The number of carbonyl (C=O) groups excluding carboxylic acids is 1. The van der Waals surface area contributed by atoms with Gasteiger partial charge in [-0.3, -0.25) is 4.79 Å². The van der Waals surface area contributed by atoms with Crippen LogP contribution in [-0.4, -0.2) is 36.6 Å². The Balaban J connectivity index is 1.95. The molecule has 5 heteroatoms. The number of carboxylic acids is 1. The van der Waals surface area contributed by atoms with E-state index in [0.29, 0.717) is 6.54 Å². The first kappa shape index (κ1) is 19.0. The highest BCUT2D eigenvalue weighted by Gasteiger charge is 2.23. The van der Waals surface area contributed by atoms with E-state index in [4.69, 9.17) is 5.11 Å². The van der Waals surface area contributed by atoms with Crippen molar-refractivity contribution in [2.75, 3.05) is 24.5 Å². The smallest absolute Gasteiger partial charge is 0.335 e. The van der Waals surface area contributed by atoms with Gasteiger partial charge in [0.05, 0.1) is 11.5 Å². The minimum atomic E-state index is -0.969. The van der Waals surface area contributed by atoms with Crippen LogP contribution in [0.25, 0.3) is 0 Å². The molecule has 0 bridgehead atoms. The van der Waals surface area contributed by atoms with E-state index < -0.39 is 11.9 Å². The molecule has 0 spiro atoms. The summed E-state index contributed by atoms with van der Waals surface area (Å²) in [5.74, 6) is -1.50. The van der Waals surface area contributed by atoms with Crippen LogP contribution in [0.5, 0.6) is 0 Å². The third-order valence-electron chi connectivity index (χ3n) is 5.03. The fourth-order valence-electron chi connectivity index (χ4n) is 3.64. The Bertz CT molecular complexity index is 795. The fraction of sp³-hybridized carbons (Fsp3) is 0.364. The van der Waals surface area contributed by atoms with Crippen LogP contribution < -0.4 is 10.2 Å². The normalized spacial score (nSPS) is 15.2. The first-order chi connectivity index (χ1) is 13.1. The van der Waals surface area contributed by atoms with Gasteiger partial charge in [-0.15, -0.1) is 0 Å². The Kier molecular flexibility index (Phi) is 6.12. The Hall–Kier alpha value is -2.82. The molecule has 0 radical (unpaired) electrons. The molecule has 1 saturated heterocycles. The van der Waals surface area contributed by atoms with E-state index in [1.165, 1.54) is 19.3 Å². The molecular weight excluding hydrogens is 340 g/mol. The zero-order chi connectivity index (χ0) is 19.2. The van der Waals surface area contributed by atoms with Crippen LogP contribution in [0, 0.1) is 0 Å². The zero-order valence-corrected chi connectivity index (χ0v) is 15.6. The summed E-state index contributed by atoms with van der Waals surface area (Å²) < 4.78 is 0. The molecule has 0 aromatic heterocycles.